The van der Waals surface area contributed by atoms with Gasteiger partial charge in [0.15, 0.2) is 0 Å². The molecule has 0 fully saturated rings. The van der Waals surface area contributed by atoms with Crippen molar-refractivity contribution < 1.29 is 4.74 Å². The molecule has 0 aliphatic heterocycles. The van der Waals surface area contributed by atoms with E-state index in [4.69, 9.17) is 4.74 Å². The smallest absolute Gasteiger partial charge is 0.120 e. The number of ether oxygens (including phenoxy) is 1. The molecule has 0 saturated carbocycles. The van der Waals surface area contributed by atoms with Crippen LogP contribution in [0.15, 0.2) is 0 Å². The maximum atomic E-state index is 5.72. The minimum absolute atomic E-state index is 0.0330. The first-order valence-corrected chi connectivity index (χ1v) is 4.44. The highest BCUT2D eigenvalue weighted by Crippen LogP contribution is 2.22. The Balaban J connectivity index is 4.20. The van der Waals surface area contributed by atoms with E-state index in [1.807, 2.05) is 6.92 Å². The lowest BCUT2D eigenvalue weighted by atomic mass is 10.1. The minimum atomic E-state index is -0.0330. The van der Waals surface area contributed by atoms with Gasteiger partial charge in [-0.1, -0.05) is 13.8 Å². The largest absolute Gasteiger partial charge is 0.361 e. The molecule has 0 aromatic rings. The van der Waals surface area contributed by atoms with Gasteiger partial charge in [-0.3, -0.25) is 4.90 Å². The third-order valence-electron chi connectivity index (χ3n) is 2.33. The lowest BCUT2D eigenvalue weighted by molar-refractivity contribution is -0.138. The van der Waals surface area contributed by atoms with E-state index in [0.717, 1.165) is 19.4 Å². The van der Waals surface area contributed by atoms with Crippen molar-refractivity contribution in [3.63, 3.8) is 0 Å². The second-order valence-corrected chi connectivity index (χ2v) is 2.98. The predicted molar refractivity (Wildman–Crippen MR) is 48.6 cm³/mol. The van der Waals surface area contributed by atoms with Crippen LogP contribution in [0.1, 0.15) is 33.6 Å². The lowest BCUT2D eigenvalue weighted by Gasteiger charge is -2.38. The number of hydrogen-bond donors (Lipinski definition) is 0. The highest BCUT2D eigenvalue weighted by molar-refractivity contribution is 4.73. The Morgan fingerprint density at radius 2 is 1.55 bits per heavy atom. The standard InChI is InChI=1S/C9H21NO/c1-6-9(7-2,10(4)5)11-8-3/h6-8H2,1-5H3. The maximum absolute atomic E-state index is 5.72. The van der Waals surface area contributed by atoms with E-state index in [1.165, 1.54) is 0 Å². The summed E-state index contributed by atoms with van der Waals surface area (Å²) < 4.78 is 5.72. The average molecular weight is 159 g/mol. The van der Waals surface area contributed by atoms with Crippen LogP contribution in [0.25, 0.3) is 0 Å². The van der Waals surface area contributed by atoms with Crippen molar-refractivity contribution in [3.8, 4) is 0 Å². The fourth-order valence-electron chi connectivity index (χ4n) is 1.48. The first-order chi connectivity index (χ1) is 5.13. The Morgan fingerprint density at radius 1 is 1.09 bits per heavy atom. The van der Waals surface area contributed by atoms with Crippen LogP contribution >= 0.6 is 0 Å². The zero-order chi connectivity index (χ0) is 8.91. The number of hydrogen-bond acceptors (Lipinski definition) is 2. The molecule has 11 heavy (non-hydrogen) atoms. The second-order valence-electron chi connectivity index (χ2n) is 2.98. The fraction of sp³-hybridized carbons (Fsp3) is 1.00. The Labute approximate surface area is 70.5 Å². The Kier molecular flexibility index (Phi) is 4.69. The van der Waals surface area contributed by atoms with Crippen LogP contribution in [0.5, 0.6) is 0 Å². The Hall–Kier alpha value is -0.0800. The van der Waals surface area contributed by atoms with Crippen molar-refractivity contribution in [3.05, 3.63) is 0 Å². The minimum Gasteiger partial charge on any atom is -0.361 e. The molecular formula is C9H21NO. The Morgan fingerprint density at radius 3 is 1.64 bits per heavy atom. The van der Waals surface area contributed by atoms with Gasteiger partial charge in [0, 0.05) is 6.61 Å². The summed E-state index contributed by atoms with van der Waals surface area (Å²) in [7, 11) is 4.14. The molecule has 0 bridgehead atoms. The molecule has 0 aliphatic carbocycles. The zero-order valence-electron chi connectivity index (χ0n) is 8.48. The van der Waals surface area contributed by atoms with Gasteiger partial charge in [-0.25, -0.2) is 0 Å². The normalized spacial score (nSPS) is 12.5. The van der Waals surface area contributed by atoms with Gasteiger partial charge < -0.3 is 4.74 Å². The first-order valence-electron chi connectivity index (χ1n) is 4.44. The van der Waals surface area contributed by atoms with Gasteiger partial charge in [-0.2, -0.15) is 0 Å². The molecule has 0 saturated heterocycles. The van der Waals surface area contributed by atoms with E-state index < -0.39 is 0 Å². The summed E-state index contributed by atoms with van der Waals surface area (Å²) >= 11 is 0. The monoisotopic (exact) mass is 159 g/mol. The van der Waals surface area contributed by atoms with E-state index in [9.17, 15) is 0 Å². The van der Waals surface area contributed by atoms with Crippen LogP contribution in [0, 0.1) is 0 Å². The molecular weight excluding hydrogens is 138 g/mol. The topological polar surface area (TPSA) is 12.5 Å². The third kappa shape index (κ3) is 2.46. The van der Waals surface area contributed by atoms with E-state index in [2.05, 4.69) is 32.8 Å². The van der Waals surface area contributed by atoms with Crippen molar-refractivity contribution in [2.75, 3.05) is 20.7 Å². The SMILES string of the molecule is CCOC(CC)(CC)N(C)C. The van der Waals surface area contributed by atoms with Crippen molar-refractivity contribution >= 4 is 0 Å². The summed E-state index contributed by atoms with van der Waals surface area (Å²) in [5.74, 6) is 0. The molecule has 0 atom stereocenters. The molecule has 0 spiro atoms. The first kappa shape index (κ1) is 10.9. The van der Waals surface area contributed by atoms with Crippen LogP contribution in [0.3, 0.4) is 0 Å². The molecule has 0 N–H and O–H groups in total. The van der Waals surface area contributed by atoms with Gasteiger partial charge in [-0.05, 0) is 33.9 Å². The molecule has 0 heterocycles. The van der Waals surface area contributed by atoms with Gasteiger partial charge in [0.05, 0.1) is 0 Å². The molecule has 2 heteroatoms. The lowest BCUT2D eigenvalue weighted by Crippen LogP contribution is -2.45. The van der Waals surface area contributed by atoms with Gasteiger partial charge in [0.2, 0.25) is 0 Å². The molecule has 0 amide bonds. The van der Waals surface area contributed by atoms with Crippen molar-refractivity contribution in [1.82, 2.24) is 4.90 Å². The number of rotatable bonds is 5. The fourth-order valence-corrected chi connectivity index (χ4v) is 1.48. The van der Waals surface area contributed by atoms with E-state index >= 15 is 0 Å². The van der Waals surface area contributed by atoms with Crippen molar-refractivity contribution in [1.29, 1.82) is 0 Å². The molecule has 0 aromatic heterocycles. The van der Waals surface area contributed by atoms with E-state index in [1.54, 1.807) is 0 Å². The predicted octanol–water partition coefficient (Wildman–Crippen LogP) is 2.10. The molecule has 0 aliphatic rings. The molecule has 0 aromatic carbocycles. The summed E-state index contributed by atoms with van der Waals surface area (Å²) in [6.07, 6.45) is 2.09. The quantitative estimate of drug-likeness (QED) is 0.570. The Bertz CT molecular complexity index is 97.7. The van der Waals surface area contributed by atoms with Gasteiger partial charge in [0.1, 0.15) is 5.72 Å². The van der Waals surface area contributed by atoms with Crippen LogP contribution in [-0.2, 0) is 4.74 Å². The second kappa shape index (κ2) is 4.73. The summed E-state index contributed by atoms with van der Waals surface area (Å²) in [5, 5.41) is 0. The summed E-state index contributed by atoms with van der Waals surface area (Å²) in [5.41, 5.74) is -0.0330. The zero-order valence-corrected chi connectivity index (χ0v) is 8.48. The summed E-state index contributed by atoms with van der Waals surface area (Å²) in [6, 6.07) is 0. The highest BCUT2D eigenvalue weighted by atomic mass is 16.5. The van der Waals surface area contributed by atoms with Gasteiger partial charge in [0.25, 0.3) is 0 Å². The summed E-state index contributed by atoms with van der Waals surface area (Å²) in [6.45, 7) is 7.17. The van der Waals surface area contributed by atoms with E-state index in [0.29, 0.717) is 0 Å². The number of nitrogens with zero attached hydrogens (tertiary/aromatic N) is 1. The van der Waals surface area contributed by atoms with Crippen molar-refractivity contribution in [2.45, 2.75) is 39.3 Å². The van der Waals surface area contributed by atoms with E-state index in [-0.39, 0.29) is 5.72 Å². The molecule has 0 unspecified atom stereocenters. The third-order valence-corrected chi connectivity index (χ3v) is 2.33. The van der Waals surface area contributed by atoms with Gasteiger partial charge >= 0.3 is 0 Å². The molecule has 0 rings (SSSR count). The van der Waals surface area contributed by atoms with Crippen LogP contribution in [-0.4, -0.2) is 31.3 Å². The van der Waals surface area contributed by atoms with Crippen LogP contribution < -0.4 is 0 Å². The molecule has 68 valence electrons. The molecule has 2 nitrogen and oxygen atoms in total. The van der Waals surface area contributed by atoms with Crippen LogP contribution in [0.4, 0.5) is 0 Å². The van der Waals surface area contributed by atoms with Crippen molar-refractivity contribution in [2.24, 2.45) is 0 Å². The van der Waals surface area contributed by atoms with Gasteiger partial charge in [-0.15, -0.1) is 0 Å². The van der Waals surface area contributed by atoms with Crippen LogP contribution in [0.2, 0.25) is 0 Å². The molecule has 0 radical (unpaired) electrons. The highest BCUT2D eigenvalue weighted by Gasteiger charge is 2.28. The summed E-state index contributed by atoms with van der Waals surface area (Å²) in [4.78, 5) is 2.16. The average Bonchev–Trinajstić information content (AvgIpc) is 2.00. The maximum Gasteiger partial charge on any atom is 0.120 e.